The Morgan fingerprint density at radius 1 is 1.39 bits per heavy atom. The molecule has 0 spiro atoms. The molecule has 2 rings (SSSR count). The van der Waals surface area contributed by atoms with Crippen LogP contribution in [0.15, 0.2) is 24.3 Å². The largest absolute Gasteiger partial charge is 0.508 e. The lowest BCUT2D eigenvalue weighted by atomic mass is 10.0. The van der Waals surface area contributed by atoms with Crippen LogP contribution in [0.25, 0.3) is 0 Å². The number of nitrogens with zero attached hydrogens (tertiary/aromatic N) is 2. The van der Waals surface area contributed by atoms with Crippen molar-refractivity contribution in [2.45, 2.75) is 31.8 Å². The van der Waals surface area contributed by atoms with E-state index >= 15 is 0 Å². The Bertz CT molecular complexity index is 392. The average molecular weight is 248 g/mol. The molecule has 1 fully saturated rings. The number of likely N-dealkylation sites (N-methyl/N-ethyl adjacent to an activating group) is 1. The third-order valence-corrected chi connectivity index (χ3v) is 3.88. The van der Waals surface area contributed by atoms with Crippen LogP contribution in [0, 0.1) is 0 Å². The molecule has 1 heterocycles. The van der Waals surface area contributed by atoms with Gasteiger partial charge in [0, 0.05) is 24.2 Å². The maximum Gasteiger partial charge on any atom is 0.120 e. The fraction of sp³-hybridized carbons (Fsp3) is 0.600. The van der Waals surface area contributed by atoms with Crippen LogP contribution in [0.3, 0.4) is 0 Å². The maximum absolute atomic E-state index is 9.97. The fourth-order valence-electron chi connectivity index (χ4n) is 3.00. The van der Waals surface area contributed by atoms with Gasteiger partial charge in [0.2, 0.25) is 0 Å². The third-order valence-electron chi connectivity index (χ3n) is 3.88. The maximum atomic E-state index is 9.97. The predicted molar refractivity (Wildman–Crippen MR) is 74.8 cm³/mol. The highest BCUT2D eigenvalue weighted by molar-refractivity contribution is 5.34. The molecule has 0 radical (unpaired) electrons. The summed E-state index contributed by atoms with van der Waals surface area (Å²) in [5, 5.41) is 9.97. The van der Waals surface area contributed by atoms with Crippen molar-refractivity contribution in [3.05, 3.63) is 29.8 Å². The van der Waals surface area contributed by atoms with Gasteiger partial charge in [0.25, 0.3) is 0 Å². The average Bonchev–Trinajstić information content (AvgIpc) is 2.76. The second-order valence-electron chi connectivity index (χ2n) is 5.53. The number of hydrogen-bond donors (Lipinski definition) is 1. The fourth-order valence-corrected chi connectivity index (χ4v) is 3.00. The molecular weight excluding hydrogens is 224 g/mol. The standard InChI is InChI=1S/C15H24N2O/c1-12(14-8-4-5-9-15(14)18)17-10-6-7-13(17)11-16(2)3/h4-5,8-9,12-13,18H,6-7,10-11H2,1-3H3. The Morgan fingerprint density at radius 2 is 2.11 bits per heavy atom. The molecule has 2 unspecified atom stereocenters. The van der Waals surface area contributed by atoms with Gasteiger partial charge in [-0.05, 0) is 46.5 Å². The third kappa shape index (κ3) is 2.85. The lowest BCUT2D eigenvalue weighted by molar-refractivity contribution is 0.160. The first kappa shape index (κ1) is 13.4. The van der Waals surface area contributed by atoms with E-state index in [0.29, 0.717) is 17.8 Å². The van der Waals surface area contributed by atoms with E-state index < -0.39 is 0 Å². The molecule has 3 heteroatoms. The van der Waals surface area contributed by atoms with Gasteiger partial charge >= 0.3 is 0 Å². The number of hydrogen-bond acceptors (Lipinski definition) is 3. The van der Waals surface area contributed by atoms with Crippen molar-refractivity contribution >= 4 is 0 Å². The van der Waals surface area contributed by atoms with Crippen LogP contribution in [0.2, 0.25) is 0 Å². The number of phenols is 1. The SMILES string of the molecule is CC(c1ccccc1O)N1CCCC1CN(C)C. The van der Waals surface area contributed by atoms with Crippen LogP contribution in [0.5, 0.6) is 5.75 Å². The second-order valence-corrected chi connectivity index (χ2v) is 5.53. The van der Waals surface area contributed by atoms with Crippen molar-refractivity contribution < 1.29 is 5.11 Å². The van der Waals surface area contributed by atoms with E-state index in [1.807, 2.05) is 18.2 Å². The van der Waals surface area contributed by atoms with Gasteiger partial charge in [0.1, 0.15) is 5.75 Å². The summed E-state index contributed by atoms with van der Waals surface area (Å²) in [4.78, 5) is 4.77. The Balaban J connectivity index is 2.13. The molecule has 3 nitrogen and oxygen atoms in total. The van der Waals surface area contributed by atoms with Gasteiger partial charge in [0.05, 0.1) is 0 Å². The van der Waals surface area contributed by atoms with Gasteiger partial charge in [-0.3, -0.25) is 4.90 Å². The van der Waals surface area contributed by atoms with Crippen molar-refractivity contribution in [1.82, 2.24) is 9.80 Å². The smallest absolute Gasteiger partial charge is 0.120 e. The van der Waals surface area contributed by atoms with Crippen LogP contribution in [-0.2, 0) is 0 Å². The lowest BCUT2D eigenvalue weighted by Gasteiger charge is -2.32. The first-order valence-corrected chi connectivity index (χ1v) is 6.78. The zero-order valence-electron chi connectivity index (χ0n) is 11.6. The minimum absolute atomic E-state index is 0.290. The molecule has 18 heavy (non-hydrogen) atoms. The molecule has 1 saturated heterocycles. The quantitative estimate of drug-likeness (QED) is 0.887. The van der Waals surface area contributed by atoms with Gasteiger partial charge < -0.3 is 10.0 Å². The zero-order valence-corrected chi connectivity index (χ0v) is 11.6. The number of likely N-dealkylation sites (tertiary alicyclic amines) is 1. The summed E-state index contributed by atoms with van der Waals surface area (Å²) in [6.07, 6.45) is 2.52. The van der Waals surface area contributed by atoms with Crippen LogP contribution in [0.1, 0.15) is 31.4 Å². The minimum Gasteiger partial charge on any atom is -0.508 e. The summed E-state index contributed by atoms with van der Waals surface area (Å²) in [6.45, 7) is 4.43. The molecule has 1 N–H and O–H groups in total. The van der Waals surface area contributed by atoms with E-state index in [9.17, 15) is 5.11 Å². The Labute approximate surface area is 110 Å². The van der Waals surface area contributed by atoms with Crippen LogP contribution in [0.4, 0.5) is 0 Å². The highest BCUT2D eigenvalue weighted by Gasteiger charge is 2.30. The number of benzene rings is 1. The summed E-state index contributed by atoms with van der Waals surface area (Å²) in [6, 6.07) is 8.59. The number of para-hydroxylation sites is 1. The molecule has 1 aliphatic heterocycles. The Kier molecular flexibility index (Phi) is 4.25. The number of rotatable bonds is 4. The molecule has 0 amide bonds. The number of phenolic OH excluding ortho intramolecular Hbond substituents is 1. The lowest BCUT2D eigenvalue weighted by Crippen LogP contribution is -2.39. The molecule has 1 aromatic carbocycles. The topological polar surface area (TPSA) is 26.7 Å². The summed E-state index contributed by atoms with van der Waals surface area (Å²) in [5.41, 5.74) is 1.04. The van der Waals surface area contributed by atoms with E-state index in [-0.39, 0.29) is 0 Å². The van der Waals surface area contributed by atoms with Crippen LogP contribution >= 0.6 is 0 Å². The molecular formula is C15H24N2O. The Hall–Kier alpha value is -1.06. The first-order chi connectivity index (χ1) is 8.59. The van der Waals surface area contributed by atoms with Gasteiger partial charge in [-0.25, -0.2) is 0 Å². The summed E-state index contributed by atoms with van der Waals surface area (Å²) < 4.78 is 0. The van der Waals surface area contributed by atoms with E-state index in [4.69, 9.17) is 0 Å². The van der Waals surface area contributed by atoms with Crippen LogP contribution in [-0.4, -0.2) is 48.1 Å². The highest BCUT2D eigenvalue weighted by atomic mass is 16.3. The van der Waals surface area contributed by atoms with E-state index in [1.165, 1.54) is 12.8 Å². The molecule has 0 aromatic heterocycles. The monoisotopic (exact) mass is 248 g/mol. The molecule has 100 valence electrons. The van der Waals surface area contributed by atoms with Crippen molar-refractivity contribution in [2.75, 3.05) is 27.2 Å². The predicted octanol–water partition coefficient (Wildman–Crippen LogP) is 2.48. The van der Waals surface area contributed by atoms with Crippen molar-refractivity contribution in [3.63, 3.8) is 0 Å². The van der Waals surface area contributed by atoms with Gasteiger partial charge in [0.15, 0.2) is 0 Å². The van der Waals surface area contributed by atoms with E-state index in [1.54, 1.807) is 6.07 Å². The summed E-state index contributed by atoms with van der Waals surface area (Å²) >= 11 is 0. The Morgan fingerprint density at radius 3 is 2.78 bits per heavy atom. The molecule has 0 saturated carbocycles. The van der Waals surface area contributed by atoms with Gasteiger partial charge in [-0.2, -0.15) is 0 Å². The summed E-state index contributed by atoms with van der Waals surface area (Å²) in [5.74, 6) is 0.417. The minimum atomic E-state index is 0.290. The molecule has 1 aliphatic rings. The highest BCUT2D eigenvalue weighted by Crippen LogP contribution is 2.33. The van der Waals surface area contributed by atoms with Gasteiger partial charge in [-0.1, -0.05) is 18.2 Å². The number of aromatic hydroxyl groups is 1. The van der Waals surface area contributed by atoms with E-state index in [2.05, 4.69) is 30.8 Å². The van der Waals surface area contributed by atoms with Gasteiger partial charge in [-0.15, -0.1) is 0 Å². The van der Waals surface area contributed by atoms with E-state index in [0.717, 1.165) is 18.7 Å². The first-order valence-electron chi connectivity index (χ1n) is 6.78. The van der Waals surface area contributed by atoms with Crippen LogP contribution < -0.4 is 0 Å². The van der Waals surface area contributed by atoms with Crippen molar-refractivity contribution in [1.29, 1.82) is 0 Å². The van der Waals surface area contributed by atoms with Crippen molar-refractivity contribution in [2.24, 2.45) is 0 Å². The summed E-state index contributed by atoms with van der Waals surface area (Å²) in [7, 11) is 4.25. The zero-order chi connectivity index (χ0) is 13.1. The molecule has 2 atom stereocenters. The van der Waals surface area contributed by atoms with Crippen molar-refractivity contribution in [3.8, 4) is 5.75 Å². The molecule has 0 bridgehead atoms. The second kappa shape index (κ2) is 5.72. The molecule has 1 aromatic rings. The molecule has 0 aliphatic carbocycles. The normalized spacial score (nSPS) is 22.6.